The molecule has 5 aliphatic carbocycles. The molecule has 5 aliphatic heterocycles. The first kappa shape index (κ1) is 77.8. The van der Waals surface area contributed by atoms with Gasteiger partial charge in [-0.2, -0.15) is 0 Å². The van der Waals surface area contributed by atoms with Crippen molar-refractivity contribution in [2.24, 2.45) is 50.2 Å². The molecule has 0 aromatic carbocycles. The van der Waals surface area contributed by atoms with Crippen LogP contribution in [0.5, 0.6) is 0 Å². The number of carbonyl (C=O) groups is 5. The molecule has 10 aliphatic rings. The minimum absolute atomic E-state index is 0.00677. The second-order valence-electron chi connectivity index (χ2n) is 31.1. The Morgan fingerprint density at radius 3 is 1.74 bits per heavy atom. The minimum Gasteiger partial charge on any atom is -0.479 e. The summed E-state index contributed by atoms with van der Waals surface area (Å²) in [6.07, 6.45) is -38.1. The Kier molecular flexibility index (Phi) is 23.0. The highest BCUT2D eigenvalue weighted by Gasteiger charge is 2.71. The average molecular weight is 1420 g/mol. The number of esters is 4. The molecule has 99 heavy (non-hydrogen) atoms. The van der Waals surface area contributed by atoms with Crippen molar-refractivity contribution >= 4 is 29.8 Å². The number of hydrogen-bond acceptors (Lipinski definition) is 31. The molecule has 0 aromatic rings. The number of aliphatic carboxylic acids is 1. The summed E-state index contributed by atoms with van der Waals surface area (Å²) in [5, 5.41) is 146. The molecular formula is C67H104O32. The maximum Gasteiger partial charge on any atom is 0.335 e. The van der Waals surface area contributed by atoms with Crippen LogP contribution in [-0.4, -0.2) is 288 Å². The number of hydrogen-bond donors (Lipinski definition) is 13. The maximum absolute atomic E-state index is 12.7. The van der Waals surface area contributed by atoms with E-state index in [0.29, 0.717) is 44.9 Å². The number of ether oxygens (including phenoxy) is 14. The van der Waals surface area contributed by atoms with Gasteiger partial charge in [-0.3, -0.25) is 19.2 Å². The second kappa shape index (κ2) is 29.3. The standard InChI is InChI=1S/C67H104O32/c1-26-39(74)42(77)47(82)58(88-26)97-50-43(78)40(75)33(22-68)92-59(50)98-51-45(80)44(79)49(56(84)85)96-60(51)95-38-16-17-64(9)36(65(38,10)25-69)15-18-67(12)37(64)14-13-31-32-21-62(6,7)54(83)55(63(32,8)19-20-66(31,67)11)99-57-46(81)41(76)34(23-87-57)93-61-53(91-30(5)73)52(90-29(4)72)48(89-28(3)71)35(94-61)24-86-27(2)70/h13,26,32-55,57-61,68-69,74-83H,14-25H2,1-12H3,(H,84,85)/t26-,32?,33+,34-,35+,36?,37?,38?,39-,40-,41-,42+,43-,44-,45-,46+,47+,48+,49-,50+,51+,52-,53+,54-,55+,57-,58-,59-,60+,61+,63+,64-,65+,66+,67+/m0/s1. The summed E-state index contributed by atoms with van der Waals surface area (Å²) in [5.41, 5.74) is -2.76. The van der Waals surface area contributed by atoms with Crippen LogP contribution in [0.4, 0.5) is 0 Å². The fourth-order valence-corrected chi connectivity index (χ4v) is 18.9. The summed E-state index contributed by atoms with van der Waals surface area (Å²) < 4.78 is 83.5. The van der Waals surface area contributed by atoms with Crippen LogP contribution in [-0.2, 0) is 90.3 Å². The van der Waals surface area contributed by atoms with Crippen molar-refractivity contribution in [3.8, 4) is 0 Å². The topological polar surface area (TPSA) is 478 Å². The van der Waals surface area contributed by atoms with E-state index in [1.807, 2.05) is 20.8 Å². The van der Waals surface area contributed by atoms with Gasteiger partial charge < -0.3 is 133 Å². The Hall–Kier alpha value is -3.79. The molecule has 32 heteroatoms. The first-order valence-corrected chi connectivity index (χ1v) is 34.3. The van der Waals surface area contributed by atoms with Gasteiger partial charge in [0.25, 0.3) is 0 Å². The van der Waals surface area contributed by atoms with Crippen LogP contribution in [0, 0.1) is 50.2 Å². The molecule has 5 saturated heterocycles. The third-order valence-corrected chi connectivity index (χ3v) is 24.7. The van der Waals surface area contributed by atoms with E-state index in [1.54, 1.807) is 0 Å². The monoisotopic (exact) mass is 1420 g/mol. The molecule has 0 radical (unpaired) electrons. The summed E-state index contributed by atoms with van der Waals surface area (Å²) >= 11 is 0. The quantitative estimate of drug-likeness (QED) is 0.0313. The molecule has 13 N–H and O–H groups in total. The lowest BCUT2D eigenvalue weighted by Crippen LogP contribution is -2.69. The van der Waals surface area contributed by atoms with Crippen LogP contribution in [0.25, 0.3) is 0 Å². The molecule has 5 heterocycles. The summed E-state index contributed by atoms with van der Waals surface area (Å²) in [7, 11) is 0. The Balaban J connectivity index is 0.872. The summed E-state index contributed by atoms with van der Waals surface area (Å²) in [5.74, 6) is -5.44. The van der Waals surface area contributed by atoms with Crippen molar-refractivity contribution in [1.82, 2.24) is 0 Å². The van der Waals surface area contributed by atoms with E-state index in [1.165, 1.54) is 12.5 Å². The average Bonchev–Trinajstić information content (AvgIpc) is 0.673. The number of carboxylic acids is 1. The highest BCUT2D eigenvalue weighted by molar-refractivity contribution is 5.73. The van der Waals surface area contributed by atoms with E-state index < -0.39 is 249 Å². The van der Waals surface area contributed by atoms with Crippen LogP contribution in [0.3, 0.4) is 0 Å². The normalized spacial score (nSPS) is 50.4. The fourth-order valence-electron chi connectivity index (χ4n) is 18.9. The molecule has 4 unspecified atom stereocenters. The number of carboxylic acid groups (broad SMARTS) is 1. The van der Waals surface area contributed by atoms with Gasteiger partial charge in [-0.05, 0) is 97.7 Å². The molecule has 0 bridgehead atoms. The zero-order valence-corrected chi connectivity index (χ0v) is 58.0. The van der Waals surface area contributed by atoms with Crippen molar-refractivity contribution < 1.29 is 157 Å². The Labute approximate surface area is 573 Å². The number of carbonyl (C=O) groups excluding carboxylic acids is 4. The lowest BCUT2D eigenvalue weighted by atomic mass is 9.33. The highest BCUT2D eigenvalue weighted by Crippen LogP contribution is 2.76. The van der Waals surface area contributed by atoms with Crippen LogP contribution in [0.1, 0.15) is 134 Å². The highest BCUT2D eigenvalue weighted by atomic mass is 16.8. The van der Waals surface area contributed by atoms with E-state index in [2.05, 4.69) is 33.8 Å². The Bertz CT molecular complexity index is 2940. The van der Waals surface area contributed by atoms with Gasteiger partial charge in [0.1, 0.15) is 92.1 Å². The SMILES string of the molecule is CC(=O)OC[C@H]1O[C@@H](O[C@H]2CO[C@@H](O[C@@H]3[C@H](O)C(C)(C)CC4C5=CCC6[C@@]7(C)CCC(O[C@@H]8O[C@H](C(=O)O)[C@@H](O)[C@H](O)[C@H]8O[C@@H]8O[C@H](CO)[C@H](O)[C@H](O)[C@H]8O[C@@H]8O[C@@H](C)[C@H](O)[C@@H](O)[C@H]8O)[C@](C)(CO)C7CC[C@@]6(C)[C@]5(C)CC[C@]43C)[C@H](O)[C@H]2O)[C@H](OC(C)=O)[C@@H](OC(C)=O)[C@@H]1OC(C)=O. The summed E-state index contributed by atoms with van der Waals surface area (Å²) in [4.78, 5) is 62.1. The third-order valence-electron chi connectivity index (χ3n) is 24.7. The maximum atomic E-state index is 12.7. The Morgan fingerprint density at radius 2 is 1.12 bits per heavy atom. The van der Waals surface area contributed by atoms with E-state index in [-0.39, 0.29) is 29.6 Å². The third kappa shape index (κ3) is 14.0. The number of rotatable bonds is 18. The number of fused-ring (bicyclic) bond motifs is 7. The van der Waals surface area contributed by atoms with Gasteiger partial charge in [0.05, 0.1) is 44.2 Å². The van der Waals surface area contributed by atoms with Crippen LogP contribution in [0.15, 0.2) is 11.6 Å². The predicted molar refractivity (Wildman–Crippen MR) is 329 cm³/mol. The van der Waals surface area contributed by atoms with Gasteiger partial charge >= 0.3 is 29.8 Å². The lowest BCUT2D eigenvalue weighted by molar-refractivity contribution is -0.396. The van der Waals surface area contributed by atoms with Crippen LogP contribution >= 0.6 is 0 Å². The largest absolute Gasteiger partial charge is 0.479 e. The molecule has 10 rings (SSSR count). The van der Waals surface area contributed by atoms with E-state index in [4.69, 9.17) is 66.3 Å². The molecule has 4 saturated carbocycles. The molecule has 564 valence electrons. The molecular weight excluding hydrogens is 1320 g/mol. The van der Waals surface area contributed by atoms with E-state index >= 15 is 0 Å². The lowest BCUT2D eigenvalue weighted by Gasteiger charge is -2.72. The van der Waals surface area contributed by atoms with Gasteiger partial charge in [-0.1, -0.05) is 60.1 Å². The Morgan fingerprint density at radius 1 is 0.535 bits per heavy atom. The van der Waals surface area contributed by atoms with Crippen molar-refractivity contribution in [2.45, 2.75) is 300 Å². The number of aliphatic hydroxyl groups excluding tert-OH is 12. The van der Waals surface area contributed by atoms with Crippen molar-refractivity contribution in [3.05, 3.63) is 11.6 Å². The number of allylic oxidation sites excluding steroid dienone is 2. The van der Waals surface area contributed by atoms with Gasteiger partial charge in [-0.25, -0.2) is 4.79 Å². The number of aliphatic hydroxyl groups is 12. The van der Waals surface area contributed by atoms with Gasteiger partial charge in [0, 0.05) is 38.5 Å². The molecule has 0 aromatic heterocycles. The first-order valence-electron chi connectivity index (χ1n) is 34.3. The van der Waals surface area contributed by atoms with Crippen molar-refractivity contribution in [2.75, 3.05) is 26.4 Å². The molecule has 9 fully saturated rings. The summed E-state index contributed by atoms with van der Waals surface area (Å²) in [6.45, 7) is 18.1. The van der Waals surface area contributed by atoms with Crippen molar-refractivity contribution in [1.29, 1.82) is 0 Å². The fraction of sp³-hybridized carbons (Fsp3) is 0.896. The molecule has 0 spiro atoms. The van der Waals surface area contributed by atoms with Crippen LogP contribution < -0.4 is 0 Å². The van der Waals surface area contributed by atoms with Crippen molar-refractivity contribution in [3.63, 3.8) is 0 Å². The first-order chi connectivity index (χ1) is 46.2. The van der Waals surface area contributed by atoms with Gasteiger partial charge in [0.15, 0.2) is 55.9 Å². The second-order valence-corrected chi connectivity index (χ2v) is 31.1. The van der Waals surface area contributed by atoms with Gasteiger partial charge in [-0.15, -0.1) is 0 Å². The van der Waals surface area contributed by atoms with Crippen LogP contribution in [0.2, 0.25) is 0 Å². The van der Waals surface area contributed by atoms with Gasteiger partial charge in [0.2, 0.25) is 0 Å². The van der Waals surface area contributed by atoms with E-state index in [9.17, 15) is 90.4 Å². The smallest absolute Gasteiger partial charge is 0.335 e. The predicted octanol–water partition coefficient (Wildman–Crippen LogP) is -1.75. The summed E-state index contributed by atoms with van der Waals surface area (Å²) in [6, 6.07) is 0. The van der Waals surface area contributed by atoms with E-state index in [0.717, 1.165) is 27.7 Å². The molecule has 0 amide bonds. The minimum atomic E-state index is -2.16. The zero-order valence-electron chi connectivity index (χ0n) is 58.0. The zero-order chi connectivity index (χ0) is 72.9. The molecule has 32 nitrogen and oxygen atoms in total. The molecule has 35 atom stereocenters.